The van der Waals surface area contributed by atoms with Crippen molar-refractivity contribution < 1.29 is 36.8 Å². The summed E-state index contributed by atoms with van der Waals surface area (Å²) in [6.07, 6.45) is 7.08. The molecule has 0 saturated carbocycles. The van der Waals surface area contributed by atoms with Crippen molar-refractivity contribution in [2.45, 2.75) is 129 Å². The van der Waals surface area contributed by atoms with Crippen LogP contribution in [-0.2, 0) is 36.6 Å². The van der Waals surface area contributed by atoms with E-state index in [1.807, 2.05) is 87.7 Å². The number of ether oxygens (including phenoxy) is 2. The van der Waals surface area contributed by atoms with Crippen LogP contribution in [0.2, 0.25) is 0 Å². The molecule has 2 aliphatic heterocycles. The van der Waals surface area contributed by atoms with E-state index >= 15 is 0 Å². The average molecular weight is 745 g/mol. The first kappa shape index (κ1) is 43.3. The normalized spacial score (nSPS) is 23.6. The summed E-state index contributed by atoms with van der Waals surface area (Å²) in [6.45, 7) is 17.3. The maximum absolute atomic E-state index is 12.9. The van der Waals surface area contributed by atoms with Gasteiger partial charge in [-0.15, -0.1) is 0 Å². The third-order valence-corrected chi connectivity index (χ3v) is 10.1. The van der Waals surface area contributed by atoms with E-state index in [0.29, 0.717) is 25.4 Å². The van der Waals surface area contributed by atoms with Crippen LogP contribution in [0.3, 0.4) is 0 Å². The van der Waals surface area contributed by atoms with Crippen molar-refractivity contribution in [2.75, 3.05) is 32.6 Å². The molecule has 2 saturated heterocycles. The van der Waals surface area contributed by atoms with Gasteiger partial charge in [-0.1, -0.05) is 60.7 Å². The van der Waals surface area contributed by atoms with Gasteiger partial charge < -0.3 is 24.4 Å². The van der Waals surface area contributed by atoms with Crippen LogP contribution in [0, 0.1) is 11.8 Å². The Morgan fingerprint density at radius 3 is 1.46 bits per heavy atom. The molecule has 2 fully saturated rings. The molecule has 4 atom stereocenters. The van der Waals surface area contributed by atoms with Gasteiger partial charge in [0.05, 0.1) is 12.9 Å². The van der Waals surface area contributed by atoms with Gasteiger partial charge in [0.2, 0.25) is 0 Å². The predicted octanol–water partition coefficient (Wildman–Crippen LogP) is 8.02. The lowest BCUT2D eigenvalue weighted by Crippen LogP contribution is -2.48. The lowest BCUT2D eigenvalue weighted by atomic mass is 9.86. The van der Waals surface area contributed by atoms with Gasteiger partial charge in [-0.2, -0.15) is 8.42 Å². The van der Waals surface area contributed by atoms with E-state index in [9.17, 15) is 18.0 Å². The molecule has 0 bridgehead atoms. The Labute approximate surface area is 313 Å². The number of aliphatic hydroxyl groups is 1. The quantitative estimate of drug-likeness (QED) is 0.171. The van der Waals surface area contributed by atoms with Gasteiger partial charge in [-0.3, -0.25) is 4.18 Å². The molecule has 10 nitrogen and oxygen atoms in total. The molecule has 2 amide bonds. The second kappa shape index (κ2) is 18.3. The van der Waals surface area contributed by atoms with Crippen LogP contribution in [0.1, 0.15) is 105 Å². The third-order valence-electron chi connectivity index (χ3n) is 9.55. The SMILES string of the molecule is CC(C)(C)OC(=O)N1CC(CCCO)CC1(C)Cc1ccccc1.CC(C)(C)OC(=O)N1CC(CCCOS(C)(=O)=O)CC1(C)Cc1ccccc1. The van der Waals surface area contributed by atoms with Crippen molar-refractivity contribution in [3.63, 3.8) is 0 Å². The van der Waals surface area contributed by atoms with Gasteiger partial charge in [-0.05, 0) is 130 Å². The minimum absolute atomic E-state index is 0.178. The molecule has 52 heavy (non-hydrogen) atoms. The van der Waals surface area contributed by atoms with E-state index in [2.05, 4.69) is 38.1 Å². The van der Waals surface area contributed by atoms with Crippen molar-refractivity contribution in [3.05, 3.63) is 71.8 Å². The van der Waals surface area contributed by atoms with E-state index in [4.69, 9.17) is 18.8 Å². The Kier molecular flexibility index (Phi) is 15.2. The molecule has 2 heterocycles. The Hall–Kier alpha value is -3.15. The summed E-state index contributed by atoms with van der Waals surface area (Å²) in [5.74, 6) is 0.697. The van der Waals surface area contributed by atoms with Gasteiger partial charge in [0.1, 0.15) is 11.2 Å². The lowest BCUT2D eigenvalue weighted by Gasteiger charge is -2.36. The summed E-state index contributed by atoms with van der Waals surface area (Å²) < 4.78 is 38.4. The van der Waals surface area contributed by atoms with E-state index in [0.717, 1.165) is 51.2 Å². The fourth-order valence-electron chi connectivity index (χ4n) is 7.53. The molecule has 2 aromatic rings. The Morgan fingerprint density at radius 2 is 1.12 bits per heavy atom. The molecular formula is C41H64N2O8S. The van der Waals surface area contributed by atoms with E-state index < -0.39 is 21.3 Å². The highest BCUT2D eigenvalue weighted by molar-refractivity contribution is 7.85. The third kappa shape index (κ3) is 14.3. The van der Waals surface area contributed by atoms with Crippen LogP contribution in [-0.4, -0.2) is 90.3 Å². The van der Waals surface area contributed by atoms with Crippen LogP contribution in [0.15, 0.2) is 60.7 Å². The number of hydrogen-bond donors (Lipinski definition) is 1. The van der Waals surface area contributed by atoms with Gasteiger partial charge in [0.25, 0.3) is 10.1 Å². The number of carbonyl (C=O) groups is 2. The van der Waals surface area contributed by atoms with Crippen molar-refractivity contribution in [1.29, 1.82) is 0 Å². The summed E-state index contributed by atoms with van der Waals surface area (Å²) in [6, 6.07) is 20.4. The fourth-order valence-corrected chi connectivity index (χ4v) is 7.95. The number of benzene rings is 2. The summed E-state index contributed by atoms with van der Waals surface area (Å²) >= 11 is 0. The second-order valence-corrected chi connectivity index (χ2v) is 18.8. The summed E-state index contributed by atoms with van der Waals surface area (Å²) in [5.41, 5.74) is 0.784. The van der Waals surface area contributed by atoms with Crippen molar-refractivity contribution >= 4 is 22.3 Å². The minimum atomic E-state index is -3.41. The minimum Gasteiger partial charge on any atom is -0.444 e. The largest absolute Gasteiger partial charge is 0.444 e. The molecule has 4 unspecified atom stereocenters. The van der Waals surface area contributed by atoms with Gasteiger partial charge >= 0.3 is 12.2 Å². The number of likely N-dealkylation sites (tertiary alicyclic amines) is 2. The molecule has 4 rings (SSSR count). The first-order valence-electron chi connectivity index (χ1n) is 18.7. The van der Waals surface area contributed by atoms with Gasteiger partial charge in [0, 0.05) is 30.8 Å². The molecular weight excluding hydrogens is 681 g/mol. The molecule has 1 N–H and O–H groups in total. The van der Waals surface area contributed by atoms with Gasteiger partial charge in [-0.25, -0.2) is 9.59 Å². The van der Waals surface area contributed by atoms with E-state index in [1.165, 1.54) is 11.1 Å². The molecule has 292 valence electrons. The molecule has 11 heteroatoms. The highest BCUT2D eigenvalue weighted by atomic mass is 32.2. The van der Waals surface area contributed by atoms with Crippen LogP contribution in [0.25, 0.3) is 0 Å². The zero-order valence-electron chi connectivity index (χ0n) is 33.0. The van der Waals surface area contributed by atoms with Crippen LogP contribution in [0.5, 0.6) is 0 Å². The number of rotatable bonds is 12. The maximum Gasteiger partial charge on any atom is 0.410 e. The number of aliphatic hydroxyl groups excluding tert-OH is 1. The van der Waals surface area contributed by atoms with Crippen LogP contribution < -0.4 is 0 Å². The topological polar surface area (TPSA) is 123 Å². The van der Waals surface area contributed by atoms with Crippen molar-refractivity contribution in [1.82, 2.24) is 9.80 Å². The smallest absolute Gasteiger partial charge is 0.410 e. The van der Waals surface area contributed by atoms with Crippen molar-refractivity contribution in [3.8, 4) is 0 Å². The fraction of sp³-hybridized carbons (Fsp3) is 0.659. The monoisotopic (exact) mass is 744 g/mol. The zero-order valence-corrected chi connectivity index (χ0v) is 33.8. The standard InChI is InChI=1S/C21H33NO5S.C20H31NO3/c1-20(2,3)27-19(23)22-16-18(12-9-13-26-28(5,24)25)15-21(22,4)14-17-10-7-6-8-11-17;1-19(2,3)24-18(23)21-15-17(11-8-12-22)14-20(21,4)13-16-9-6-5-7-10-16/h6-8,10-11,18H,9,12-16H2,1-5H3;5-7,9-10,17,22H,8,11-15H2,1-4H3. The molecule has 2 aliphatic rings. The predicted molar refractivity (Wildman–Crippen MR) is 206 cm³/mol. The molecule has 0 radical (unpaired) electrons. The maximum atomic E-state index is 12.9. The van der Waals surface area contributed by atoms with Crippen LogP contribution >= 0.6 is 0 Å². The molecule has 0 aromatic heterocycles. The zero-order chi connectivity index (χ0) is 38.8. The average Bonchev–Trinajstić information content (AvgIpc) is 3.53. The van der Waals surface area contributed by atoms with Crippen molar-refractivity contribution in [2.24, 2.45) is 11.8 Å². The van der Waals surface area contributed by atoms with Gasteiger partial charge in [0.15, 0.2) is 0 Å². The lowest BCUT2D eigenvalue weighted by molar-refractivity contribution is 0.00926. The Bertz CT molecular complexity index is 1520. The number of nitrogens with zero attached hydrogens (tertiary/aromatic N) is 2. The first-order chi connectivity index (χ1) is 24.1. The highest BCUT2D eigenvalue weighted by Gasteiger charge is 2.47. The number of carbonyl (C=O) groups excluding carboxylic acids is 2. The Morgan fingerprint density at radius 1 is 0.731 bits per heavy atom. The molecule has 0 spiro atoms. The summed E-state index contributed by atoms with van der Waals surface area (Å²) in [7, 11) is -3.41. The van der Waals surface area contributed by atoms with E-state index in [-0.39, 0.29) is 42.4 Å². The Balaban J connectivity index is 0.000000284. The molecule has 0 aliphatic carbocycles. The summed E-state index contributed by atoms with van der Waals surface area (Å²) in [4.78, 5) is 29.4. The van der Waals surface area contributed by atoms with Crippen LogP contribution in [0.4, 0.5) is 9.59 Å². The first-order valence-corrected chi connectivity index (χ1v) is 20.5. The van der Waals surface area contributed by atoms with E-state index in [1.54, 1.807) is 0 Å². The number of hydrogen-bond acceptors (Lipinski definition) is 8. The highest BCUT2D eigenvalue weighted by Crippen LogP contribution is 2.40. The second-order valence-electron chi connectivity index (χ2n) is 17.2. The number of amides is 2. The summed E-state index contributed by atoms with van der Waals surface area (Å²) in [5, 5.41) is 9.11. The molecule has 2 aromatic carbocycles.